The zero-order chi connectivity index (χ0) is 22.3. The Balaban J connectivity index is 0.000000269. The van der Waals surface area contributed by atoms with Crippen LogP contribution in [-0.2, 0) is 23.0 Å². The molecule has 1 aromatic carbocycles. The van der Waals surface area contributed by atoms with Gasteiger partial charge >= 0.3 is 0 Å². The molecule has 2 aromatic rings. The number of nitrogens with zero attached hydrogens (tertiary/aromatic N) is 2. The number of aliphatic hydroxyl groups excluding tert-OH is 2. The third kappa shape index (κ3) is 6.48. The fourth-order valence-electron chi connectivity index (χ4n) is 2.91. The number of hydrogen-bond acceptors (Lipinski definition) is 6. The van der Waals surface area contributed by atoms with Gasteiger partial charge in [-0.15, -0.1) is 0 Å². The molecule has 10 heteroatoms. The van der Waals surface area contributed by atoms with E-state index < -0.39 is 23.8 Å². The summed E-state index contributed by atoms with van der Waals surface area (Å²) in [5.41, 5.74) is 0.738. The van der Waals surface area contributed by atoms with Crippen LogP contribution in [0.3, 0.4) is 0 Å². The third-order valence-electron chi connectivity index (χ3n) is 4.54. The third-order valence-corrected chi connectivity index (χ3v) is 4.54. The van der Waals surface area contributed by atoms with Gasteiger partial charge in [0.05, 0.1) is 25.9 Å². The molecule has 1 aromatic heterocycles. The molecule has 1 fully saturated rings. The molecule has 0 bridgehead atoms. The maximum atomic E-state index is 12.5. The smallest absolute Gasteiger partial charge is 0.254 e. The number of carbonyl (C=O) groups excluding carboxylic acids is 1. The second-order valence-corrected chi connectivity index (χ2v) is 6.94. The van der Waals surface area contributed by atoms with E-state index in [0.717, 1.165) is 24.6 Å². The van der Waals surface area contributed by atoms with Crippen LogP contribution in [0.5, 0.6) is 5.75 Å². The highest BCUT2D eigenvalue weighted by atomic mass is 19.2. The van der Waals surface area contributed by atoms with E-state index in [1.165, 1.54) is 19.2 Å². The summed E-state index contributed by atoms with van der Waals surface area (Å²) in [7, 11) is 3.01. The van der Waals surface area contributed by atoms with Crippen LogP contribution >= 0.6 is 0 Å². The number of rotatable bonds is 6. The number of ether oxygens (including phenoxy) is 2. The molecule has 3 rings (SSSR count). The minimum Gasteiger partial charge on any atom is -0.494 e. The quantitative estimate of drug-likeness (QED) is 0.649. The second kappa shape index (κ2) is 11.0. The molecule has 0 spiro atoms. The second-order valence-electron chi connectivity index (χ2n) is 6.94. The Bertz CT molecular complexity index is 846. The van der Waals surface area contributed by atoms with E-state index in [0.29, 0.717) is 5.82 Å². The Kier molecular flexibility index (Phi) is 8.70. The van der Waals surface area contributed by atoms with E-state index >= 15 is 0 Å². The number of methoxy groups -OCH3 is 1. The van der Waals surface area contributed by atoms with Crippen LogP contribution in [0.25, 0.3) is 0 Å². The van der Waals surface area contributed by atoms with Crippen molar-refractivity contribution in [2.75, 3.05) is 19.0 Å². The SMILES string of the molecule is CC1CCC(C(=O)Nc2cc(CC(O)CO)n(C)n2)O1.COc1cccc(F)c1F. The molecule has 3 atom stereocenters. The molecular formula is C20H27F2N3O5. The largest absolute Gasteiger partial charge is 0.494 e. The Morgan fingerprint density at radius 2 is 2.17 bits per heavy atom. The predicted octanol–water partition coefficient (Wildman–Crippen LogP) is 1.80. The summed E-state index contributed by atoms with van der Waals surface area (Å²) in [6, 6.07) is 5.47. The first-order valence-electron chi connectivity index (χ1n) is 9.51. The molecule has 2 heterocycles. The molecule has 1 aliphatic rings. The molecule has 3 unspecified atom stereocenters. The lowest BCUT2D eigenvalue weighted by Crippen LogP contribution is -2.27. The number of hydrogen-bond donors (Lipinski definition) is 3. The monoisotopic (exact) mass is 427 g/mol. The molecule has 3 N–H and O–H groups in total. The van der Waals surface area contributed by atoms with Crippen LogP contribution in [0.15, 0.2) is 24.3 Å². The van der Waals surface area contributed by atoms with Crippen LogP contribution in [0, 0.1) is 11.6 Å². The first-order valence-corrected chi connectivity index (χ1v) is 9.51. The van der Waals surface area contributed by atoms with Crippen molar-refractivity contribution >= 4 is 11.7 Å². The van der Waals surface area contributed by atoms with Crippen molar-refractivity contribution in [2.24, 2.45) is 7.05 Å². The molecule has 0 radical (unpaired) electrons. The van der Waals surface area contributed by atoms with Gasteiger partial charge in [0.2, 0.25) is 5.82 Å². The number of benzene rings is 1. The van der Waals surface area contributed by atoms with Crippen molar-refractivity contribution in [3.05, 3.63) is 41.6 Å². The highest BCUT2D eigenvalue weighted by Gasteiger charge is 2.28. The average Bonchev–Trinajstić information content (AvgIpc) is 3.30. The lowest BCUT2D eigenvalue weighted by Gasteiger charge is -2.09. The van der Waals surface area contributed by atoms with E-state index in [-0.39, 0.29) is 30.8 Å². The van der Waals surface area contributed by atoms with Crippen molar-refractivity contribution in [3.63, 3.8) is 0 Å². The van der Waals surface area contributed by atoms with E-state index in [1.54, 1.807) is 17.8 Å². The van der Waals surface area contributed by atoms with E-state index in [2.05, 4.69) is 15.2 Å². The van der Waals surface area contributed by atoms with E-state index in [4.69, 9.17) is 9.84 Å². The summed E-state index contributed by atoms with van der Waals surface area (Å²) in [5.74, 6) is -1.66. The number of carbonyl (C=O) groups is 1. The Morgan fingerprint density at radius 3 is 2.73 bits per heavy atom. The summed E-state index contributed by atoms with van der Waals surface area (Å²) in [5, 5.41) is 25.2. The molecular weight excluding hydrogens is 400 g/mol. The zero-order valence-corrected chi connectivity index (χ0v) is 17.1. The molecule has 0 saturated carbocycles. The van der Waals surface area contributed by atoms with Crippen LogP contribution in [0.4, 0.5) is 14.6 Å². The number of halogens is 2. The minimum atomic E-state index is -0.940. The van der Waals surface area contributed by atoms with Crippen molar-refractivity contribution < 1.29 is 33.3 Å². The molecule has 1 amide bonds. The number of aromatic nitrogens is 2. The van der Waals surface area contributed by atoms with Crippen LogP contribution in [0.1, 0.15) is 25.5 Å². The number of aliphatic hydroxyl groups is 2. The van der Waals surface area contributed by atoms with Crippen LogP contribution in [-0.4, -0.2) is 57.9 Å². The van der Waals surface area contributed by atoms with Gasteiger partial charge in [0.15, 0.2) is 17.4 Å². The van der Waals surface area contributed by atoms with E-state index in [1.807, 2.05) is 6.92 Å². The highest BCUT2D eigenvalue weighted by Crippen LogP contribution is 2.21. The van der Waals surface area contributed by atoms with Gasteiger partial charge in [-0.1, -0.05) is 6.07 Å². The van der Waals surface area contributed by atoms with Gasteiger partial charge in [0.1, 0.15) is 6.10 Å². The highest BCUT2D eigenvalue weighted by molar-refractivity contribution is 5.93. The number of amides is 1. The maximum Gasteiger partial charge on any atom is 0.254 e. The number of aryl methyl sites for hydroxylation is 1. The molecule has 0 aliphatic carbocycles. The molecule has 1 aliphatic heterocycles. The van der Waals surface area contributed by atoms with Crippen molar-refractivity contribution in [1.29, 1.82) is 0 Å². The van der Waals surface area contributed by atoms with Gasteiger partial charge < -0.3 is 25.0 Å². The van der Waals surface area contributed by atoms with Crippen LogP contribution in [0.2, 0.25) is 0 Å². The van der Waals surface area contributed by atoms with Crippen LogP contribution < -0.4 is 10.1 Å². The number of anilines is 1. The Labute approximate surface area is 173 Å². The maximum absolute atomic E-state index is 12.5. The Hall–Kier alpha value is -2.56. The summed E-state index contributed by atoms with van der Waals surface area (Å²) in [6.45, 7) is 1.64. The fraction of sp³-hybridized carbons (Fsp3) is 0.500. The Morgan fingerprint density at radius 1 is 1.43 bits per heavy atom. The molecule has 166 valence electrons. The van der Waals surface area contributed by atoms with Gasteiger partial charge in [-0.3, -0.25) is 9.48 Å². The lowest BCUT2D eigenvalue weighted by molar-refractivity contribution is -0.126. The predicted molar refractivity (Wildman–Crippen MR) is 105 cm³/mol. The normalized spacial score (nSPS) is 19.0. The molecule has 1 saturated heterocycles. The molecule has 8 nitrogen and oxygen atoms in total. The van der Waals surface area contributed by atoms with Crippen molar-refractivity contribution in [2.45, 2.75) is 44.5 Å². The lowest BCUT2D eigenvalue weighted by atomic mass is 10.2. The van der Waals surface area contributed by atoms with Gasteiger partial charge in [-0.2, -0.15) is 9.49 Å². The van der Waals surface area contributed by atoms with Gasteiger partial charge in [-0.25, -0.2) is 4.39 Å². The zero-order valence-electron chi connectivity index (χ0n) is 17.1. The average molecular weight is 427 g/mol. The number of nitrogens with one attached hydrogen (secondary N) is 1. The fourth-order valence-corrected chi connectivity index (χ4v) is 2.91. The summed E-state index contributed by atoms with van der Waals surface area (Å²) >= 11 is 0. The van der Waals surface area contributed by atoms with Gasteiger partial charge in [0, 0.05) is 25.2 Å². The first-order chi connectivity index (χ1) is 14.2. The van der Waals surface area contributed by atoms with Crippen molar-refractivity contribution in [3.8, 4) is 5.75 Å². The standard InChI is InChI=1S/C13H21N3O4.C7H6F2O/c1-8-3-4-11(20-8)13(19)14-12-6-9(16(2)15-12)5-10(18)7-17;1-10-6-4-2-3-5(8)7(6)9/h6,8,10-11,17-18H,3-5,7H2,1-2H3,(H,14,15,19);2-4H,1H3. The van der Waals surface area contributed by atoms with Gasteiger partial charge in [-0.05, 0) is 31.9 Å². The minimum absolute atomic E-state index is 0.0694. The summed E-state index contributed by atoms with van der Waals surface area (Å²) in [4.78, 5) is 12.0. The molecule has 30 heavy (non-hydrogen) atoms. The van der Waals surface area contributed by atoms with Crippen molar-refractivity contribution in [1.82, 2.24) is 9.78 Å². The summed E-state index contributed by atoms with van der Waals surface area (Å²) in [6.07, 6.45) is 0.757. The topological polar surface area (TPSA) is 106 Å². The van der Waals surface area contributed by atoms with Gasteiger partial charge in [0.25, 0.3) is 5.91 Å². The van der Waals surface area contributed by atoms with E-state index in [9.17, 15) is 18.7 Å². The summed E-state index contributed by atoms with van der Waals surface area (Å²) < 4.78 is 36.4. The first kappa shape index (κ1) is 23.7.